The second kappa shape index (κ2) is 5.83. The van der Waals surface area contributed by atoms with Crippen LogP contribution in [-0.4, -0.2) is 16.0 Å². The topological polar surface area (TPSA) is 52.6 Å². The minimum atomic E-state index is -0.501. The molecular formula is C11H11IO4. The molecule has 86 valence electrons. The van der Waals surface area contributed by atoms with Gasteiger partial charge < -0.3 is 9.47 Å². The summed E-state index contributed by atoms with van der Waals surface area (Å²) in [4.78, 5) is 22.5. The van der Waals surface area contributed by atoms with Gasteiger partial charge in [-0.2, -0.15) is 0 Å². The lowest BCUT2D eigenvalue weighted by atomic mass is 10.2. The summed E-state index contributed by atoms with van der Waals surface area (Å²) in [5.74, 6) is -0.751. The van der Waals surface area contributed by atoms with Gasteiger partial charge in [-0.1, -0.05) is 12.1 Å². The lowest BCUT2D eigenvalue weighted by Gasteiger charge is -2.09. The van der Waals surface area contributed by atoms with Gasteiger partial charge >= 0.3 is 11.9 Å². The van der Waals surface area contributed by atoms with E-state index in [1.54, 1.807) is 31.2 Å². The standard InChI is InChI=1S/C11H11IO4/c1-7(12)15-11(14)9-5-3-4-6-10(9)16-8(2)13/h3-7H,1-2H3. The highest BCUT2D eigenvalue weighted by atomic mass is 127. The maximum Gasteiger partial charge on any atom is 0.342 e. The number of benzene rings is 1. The molecule has 0 aliphatic rings. The average Bonchev–Trinajstić information content (AvgIpc) is 2.16. The highest BCUT2D eigenvalue weighted by molar-refractivity contribution is 14.1. The molecule has 0 saturated carbocycles. The van der Waals surface area contributed by atoms with Gasteiger partial charge in [0, 0.05) is 6.92 Å². The lowest BCUT2D eigenvalue weighted by molar-refractivity contribution is -0.131. The van der Waals surface area contributed by atoms with Crippen molar-refractivity contribution < 1.29 is 19.1 Å². The Kier molecular flexibility index (Phi) is 4.72. The number of carbonyl (C=O) groups excluding carboxylic acids is 2. The predicted molar refractivity (Wildman–Crippen MR) is 66.6 cm³/mol. The van der Waals surface area contributed by atoms with E-state index in [1.807, 2.05) is 22.6 Å². The number of hydrogen-bond donors (Lipinski definition) is 0. The highest BCUT2D eigenvalue weighted by Gasteiger charge is 2.16. The predicted octanol–water partition coefficient (Wildman–Crippen LogP) is 2.55. The van der Waals surface area contributed by atoms with E-state index in [4.69, 9.17) is 9.47 Å². The van der Waals surface area contributed by atoms with Crippen LogP contribution in [0, 0.1) is 0 Å². The van der Waals surface area contributed by atoms with Gasteiger partial charge in [-0.25, -0.2) is 4.79 Å². The molecule has 1 atom stereocenters. The normalized spacial score (nSPS) is 11.7. The van der Waals surface area contributed by atoms with Gasteiger partial charge in [-0.15, -0.1) is 0 Å². The quantitative estimate of drug-likeness (QED) is 0.369. The Hall–Kier alpha value is -1.11. The smallest absolute Gasteiger partial charge is 0.342 e. The minimum Gasteiger partial charge on any atom is -0.448 e. The van der Waals surface area contributed by atoms with Gasteiger partial charge in [-0.05, 0) is 41.6 Å². The van der Waals surface area contributed by atoms with E-state index >= 15 is 0 Å². The van der Waals surface area contributed by atoms with E-state index in [-0.39, 0.29) is 15.4 Å². The maximum atomic E-state index is 11.6. The molecule has 0 amide bonds. The van der Waals surface area contributed by atoms with E-state index in [2.05, 4.69) is 0 Å². The van der Waals surface area contributed by atoms with Crippen LogP contribution in [0.3, 0.4) is 0 Å². The van der Waals surface area contributed by atoms with Crippen molar-refractivity contribution in [3.05, 3.63) is 29.8 Å². The van der Waals surface area contributed by atoms with Crippen molar-refractivity contribution in [1.29, 1.82) is 0 Å². The molecule has 1 rings (SSSR count). The fourth-order valence-electron chi connectivity index (χ4n) is 1.09. The third-order valence-corrected chi connectivity index (χ3v) is 1.88. The molecule has 16 heavy (non-hydrogen) atoms. The molecular weight excluding hydrogens is 323 g/mol. The molecule has 0 heterocycles. The largest absolute Gasteiger partial charge is 0.448 e. The summed E-state index contributed by atoms with van der Waals surface area (Å²) in [7, 11) is 0. The third kappa shape index (κ3) is 3.80. The number of carbonyl (C=O) groups is 2. The first-order valence-electron chi connectivity index (χ1n) is 4.63. The summed E-state index contributed by atoms with van der Waals surface area (Å²) in [6, 6.07) is 6.47. The van der Waals surface area contributed by atoms with E-state index in [1.165, 1.54) is 6.92 Å². The van der Waals surface area contributed by atoms with E-state index < -0.39 is 11.9 Å². The summed E-state index contributed by atoms with van der Waals surface area (Å²) in [6.45, 7) is 3.02. The van der Waals surface area contributed by atoms with Crippen LogP contribution in [0.4, 0.5) is 0 Å². The van der Waals surface area contributed by atoms with Crippen LogP contribution in [0.5, 0.6) is 5.75 Å². The van der Waals surface area contributed by atoms with Gasteiger partial charge in [0.15, 0.2) is 0 Å². The van der Waals surface area contributed by atoms with Gasteiger partial charge in [0.2, 0.25) is 0 Å². The molecule has 4 nitrogen and oxygen atoms in total. The molecule has 0 N–H and O–H groups in total. The minimum absolute atomic E-state index is 0.219. The van der Waals surface area contributed by atoms with Gasteiger partial charge in [0.25, 0.3) is 0 Å². The van der Waals surface area contributed by atoms with E-state index in [0.29, 0.717) is 0 Å². The number of esters is 2. The summed E-state index contributed by atoms with van der Waals surface area (Å²) in [5.41, 5.74) is 0.251. The molecule has 0 saturated heterocycles. The fraction of sp³-hybridized carbons (Fsp3) is 0.273. The Balaban J connectivity index is 2.94. The number of ether oxygens (including phenoxy) is 2. The summed E-state index contributed by atoms with van der Waals surface area (Å²) < 4.78 is 9.68. The summed E-state index contributed by atoms with van der Waals surface area (Å²) in [6.07, 6.45) is 0. The monoisotopic (exact) mass is 334 g/mol. The molecule has 1 unspecified atom stereocenters. The van der Waals surface area contributed by atoms with Crippen molar-refractivity contribution in [2.45, 2.75) is 18.0 Å². The first kappa shape index (κ1) is 13.0. The molecule has 0 aromatic heterocycles. The average molecular weight is 334 g/mol. The number of halogens is 1. The Morgan fingerprint density at radius 3 is 2.50 bits per heavy atom. The zero-order chi connectivity index (χ0) is 12.1. The summed E-state index contributed by atoms with van der Waals surface area (Å²) in [5, 5.41) is 0. The van der Waals surface area contributed by atoms with Gasteiger partial charge in [0.05, 0.1) is 0 Å². The van der Waals surface area contributed by atoms with Crippen molar-refractivity contribution in [2.24, 2.45) is 0 Å². The molecule has 0 aliphatic heterocycles. The lowest BCUT2D eigenvalue weighted by Crippen LogP contribution is -2.12. The van der Waals surface area contributed by atoms with E-state index in [9.17, 15) is 9.59 Å². The Bertz CT molecular complexity index is 401. The second-order valence-corrected chi connectivity index (χ2v) is 4.79. The second-order valence-electron chi connectivity index (χ2n) is 3.04. The molecule has 1 aromatic rings. The molecule has 5 heteroatoms. The molecule has 0 bridgehead atoms. The van der Waals surface area contributed by atoms with Crippen LogP contribution < -0.4 is 4.74 Å². The van der Waals surface area contributed by atoms with Crippen molar-refractivity contribution in [2.75, 3.05) is 0 Å². The highest BCUT2D eigenvalue weighted by Crippen LogP contribution is 2.20. The fourth-order valence-corrected chi connectivity index (χ4v) is 1.32. The van der Waals surface area contributed by atoms with E-state index in [0.717, 1.165) is 0 Å². The van der Waals surface area contributed by atoms with Crippen LogP contribution in [-0.2, 0) is 9.53 Å². The molecule has 0 aliphatic carbocycles. The Morgan fingerprint density at radius 2 is 1.94 bits per heavy atom. The van der Waals surface area contributed by atoms with Crippen LogP contribution in [0.2, 0.25) is 0 Å². The maximum absolute atomic E-state index is 11.6. The van der Waals surface area contributed by atoms with Crippen molar-refractivity contribution >= 4 is 34.5 Å². The van der Waals surface area contributed by atoms with Crippen LogP contribution in [0.25, 0.3) is 0 Å². The van der Waals surface area contributed by atoms with Crippen LogP contribution >= 0.6 is 22.6 Å². The van der Waals surface area contributed by atoms with Crippen LogP contribution in [0.15, 0.2) is 24.3 Å². The van der Waals surface area contributed by atoms with Crippen molar-refractivity contribution in [3.63, 3.8) is 0 Å². The van der Waals surface area contributed by atoms with Gasteiger partial charge in [0.1, 0.15) is 15.4 Å². The molecule has 0 fully saturated rings. The summed E-state index contributed by atoms with van der Waals surface area (Å²) >= 11 is 1.97. The van der Waals surface area contributed by atoms with Gasteiger partial charge in [-0.3, -0.25) is 4.79 Å². The zero-order valence-electron chi connectivity index (χ0n) is 8.90. The number of hydrogen-bond acceptors (Lipinski definition) is 4. The Morgan fingerprint density at radius 1 is 1.31 bits per heavy atom. The molecule has 1 aromatic carbocycles. The van der Waals surface area contributed by atoms with Crippen LogP contribution in [0.1, 0.15) is 24.2 Å². The Labute approximate surface area is 107 Å². The molecule has 0 spiro atoms. The number of para-hydroxylation sites is 1. The first-order valence-corrected chi connectivity index (χ1v) is 5.87. The SMILES string of the molecule is CC(=O)Oc1ccccc1C(=O)OC(C)I. The third-order valence-electron chi connectivity index (χ3n) is 1.63. The molecule has 0 radical (unpaired) electrons. The zero-order valence-corrected chi connectivity index (χ0v) is 11.1. The van der Waals surface area contributed by atoms with Crippen molar-refractivity contribution in [3.8, 4) is 5.75 Å². The first-order chi connectivity index (χ1) is 7.50. The van der Waals surface area contributed by atoms with Crippen molar-refractivity contribution in [1.82, 2.24) is 0 Å². The number of alkyl halides is 1. The number of rotatable bonds is 3.